The Balaban J connectivity index is 1.57. The van der Waals surface area contributed by atoms with Crippen LogP contribution in [0.3, 0.4) is 0 Å². The molecule has 18 heavy (non-hydrogen) atoms. The van der Waals surface area contributed by atoms with Gasteiger partial charge in [-0.3, -0.25) is 0 Å². The summed E-state index contributed by atoms with van der Waals surface area (Å²) in [5.41, 5.74) is 0. The van der Waals surface area contributed by atoms with Gasteiger partial charge in [0, 0.05) is 0 Å². The Morgan fingerprint density at radius 1 is 0.778 bits per heavy atom. The lowest BCUT2D eigenvalue weighted by Crippen LogP contribution is -2.12. The molecule has 104 valence electrons. The molecule has 0 radical (unpaired) electrons. The Labute approximate surface area is 114 Å². The van der Waals surface area contributed by atoms with E-state index in [1.807, 2.05) is 0 Å². The normalized spacial score (nSPS) is 38.1. The molecule has 0 unspecified atom stereocenters. The topological polar surface area (TPSA) is 0 Å². The first-order chi connectivity index (χ1) is 8.74. The fourth-order valence-corrected chi connectivity index (χ4v) is 3.72. The first-order valence-corrected chi connectivity index (χ1v) is 8.40. The predicted molar refractivity (Wildman–Crippen MR) is 80.6 cm³/mol. The van der Waals surface area contributed by atoms with Crippen LogP contribution in [0.25, 0.3) is 0 Å². The van der Waals surface area contributed by atoms with Crippen LogP contribution < -0.4 is 0 Å². The van der Waals surface area contributed by atoms with Crippen LogP contribution in [0.2, 0.25) is 0 Å². The summed E-state index contributed by atoms with van der Waals surface area (Å²) in [6.45, 7) is 4.82. The second-order valence-electron chi connectivity index (χ2n) is 7.15. The Bertz CT molecular complexity index is 237. The molecule has 0 aromatic rings. The molecule has 2 saturated carbocycles. The number of hydrogen-bond donors (Lipinski definition) is 0. The Hall–Kier alpha value is -0.260. The maximum atomic E-state index is 2.54. The van der Waals surface area contributed by atoms with Crippen LogP contribution in [0.15, 0.2) is 12.2 Å². The summed E-state index contributed by atoms with van der Waals surface area (Å²) in [4.78, 5) is 0. The van der Waals surface area contributed by atoms with Crippen molar-refractivity contribution < 1.29 is 0 Å². The van der Waals surface area contributed by atoms with Gasteiger partial charge in [0.25, 0.3) is 0 Å². The van der Waals surface area contributed by atoms with Crippen LogP contribution in [0, 0.1) is 23.7 Å². The lowest BCUT2D eigenvalue weighted by atomic mass is 9.80. The van der Waals surface area contributed by atoms with E-state index in [0.717, 1.165) is 23.7 Å². The maximum absolute atomic E-state index is 2.54. The molecule has 2 rings (SSSR count). The molecule has 2 fully saturated rings. The van der Waals surface area contributed by atoms with Crippen LogP contribution >= 0.6 is 0 Å². The van der Waals surface area contributed by atoms with E-state index >= 15 is 0 Å². The van der Waals surface area contributed by atoms with E-state index in [1.54, 1.807) is 0 Å². The van der Waals surface area contributed by atoms with Gasteiger partial charge < -0.3 is 0 Å². The summed E-state index contributed by atoms with van der Waals surface area (Å²) >= 11 is 0. The van der Waals surface area contributed by atoms with Crippen molar-refractivity contribution in [2.45, 2.75) is 78.1 Å². The van der Waals surface area contributed by atoms with Crippen LogP contribution in [-0.2, 0) is 0 Å². The third-order valence-electron chi connectivity index (χ3n) is 5.35. The first kappa shape index (κ1) is 14.2. The monoisotopic (exact) mass is 248 g/mol. The van der Waals surface area contributed by atoms with Crippen molar-refractivity contribution >= 4 is 0 Å². The van der Waals surface area contributed by atoms with E-state index in [9.17, 15) is 0 Å². The fraction of sp³-hybridized carbons (Fsp3) is 0.889. The molecule has 0 aliphatic heterocycles. The van der Waals surface area contributed by atoms with E-state index in [0.29, 0.717) is 0 Å². The zero-order chi connectivity index (χ0) is 12.8. The molecule has 0 atom stereocenters. The highest BCUT2D eigenvalue weighted by atomic mass is 14.2. The van der Waals surface area contributed by atoms with Gasteiger partial charge in [0.1, 0.15) is 0 Å². The van der Waals surface area contributed by atoms with Crippen molar-refractivity contribution in [3.05, 3.63) is 12.2 Å². The van der Waals surface area contributed by atoms with Crippen LogP contribution in [0.4, 0.5) is 0 Å². The van der Waals surface area contributed by atoms with Crippen molar-refractivity contribution in [2.24, 2.45) is 23.7 Å². The van der Waals surface area contributed by atoms with Crippen LogP contribution in [-0.4, -0.2) is 0 Å². The average Bonchev–Trinajstić information content (AvgIpc) is 2.39. The van der Waals surface area contributed by atoms with Crippen molar-refractivity contribution in [1.29, 1.82) is 0 Å². The van der Waals surface area contributed by atoms with Crippen molar-refractivity contribution in [2.75, 3.05) is 0 Å². The molecular formula is C18H32. The maximum Gasteiger partial charge on any atom is -0.0233 e. The summed E-state index contributed by atoms with van der Waals surface area (Å²) in [7, 11) is 0. The molecule has 0 aromatic heterocycles. The van der Waals surface area contributed by atoms with E-state index in [-0.39, 0.29) is 0 Å². The van der Waals surface area contributed by atoms with Gasteiger partial charge in [-0.1, -0.05) is 64.5 Å². The van der Waals surface area contributed by atoms with Gasteiger partial charge in [0.05, 0.1) is 0 Å². The molecule has 0 heterocycles. The molecule has 0 N–H and O–H groups in total. The van der Waals surface area contributed by atoms with E-state index in [1.165, 1.54) is 64.2 Å². The molecular weight excluding hydrogens is 216 g/mol. The standard InChI is InChI=1S/C18H32/c1-15-7-11-17(12-8-15)5-3-4-6-18-13-9-16(2)10-14-18/h3,5,15-18H,4,6-14H2,1-2H3/b5-3+. The molecule has 0 saturated heterocycles. The van der Waals surface area contributed by atoms with Gasteiger partial charge in [-0.25, -0.2) is 0 Å². The zero-order valence-corrected chi connectivity index (χ0v) is 12.5. The van der Waals surface area contributed by atoms with Gasteiger partial charge in [-0.2, -0.15) is 0 Å². The smallest absolute Gasteiger partial charge is 0.0233 e. The van der Waals surface area contributed by atoms with E-state index < -0.39 is 0 Å². The van der Waals surface area contributed by atoms with E-state index in [2.05, 4.69) is 26.0 Å². The summed E-state index contributed by atoms with van der Waals surface area (Å²) in [5.74, 6) is 3.93. The largest absolute Gasteiger partial charge is 0.0882 e. The molecule has 0 amide bonds. The van der Waals surface area contributed by atoms with E-state index in [4.69, 9.17) is 0 Å². The summed E-state index contributed by atoms with van der Waals surface area (Å²) in [5, 5.41) is 0. The number of rotatable bonds is 4. The quantitative estimate of drug-likeness (QED) is 0.537. The van der Waals surface area contributed by atoms with Crippen LogP contribution in [0.1, 0.15) is 78.1 Å². The first-order valence-electron chi connectivity index (χ1n) is 8.40. The lowest BCUT2D eigenvalue weighted by molar-refractivity contribution is 0.278. The summed E-state index contributed by atoms with van der Waals surface area (Å²) in [6.07, 6.45) is 19.6. The average molecular weight is 248 g/mol. The molecule has 2 aliphatic rings. The third-order valence-corrected chi connectivity index (χ3v) is 5.35. The Morgan fingerprint density at radius 2 is 1.33 bits per heavy atom. The lowest BCUT2D eigenvalue weighted by Gasteiger charge is -2.26. The Kier molecular flexibility index (Phi) is 5.79. The molecule has 2 aliphatic carbocycles. The van der Waals surface area contributed by atoms with Gasteiger partial charge in [0.15, 0.2) is 0 Å². The zero-order valence-electron chi connectivity index (χ0n) is 12.5. The second kappa shape index (κ2) is 7.36. The minimum absolute atomic E-state index is 0.910. The molecule has 0 nitrogen and oxygen atoms in total. The van der Waals surface area contributed by atoms with Gasteiger partial charge in [-0.15, -0.1) is 0 Å². The molecule has 0 heteroatoms. The van der Waals surface area contributed by atoms with Crippen molar-refractivity contribution in [1.82, 2.24) is 0 Å². The number of hydrogen-bond acceptors (Lipinski definition) is 0. The Morgan fingerprint density at radius 3 is 1.94 bits per heavy atom. The highest BCUT2D eigenvalue weighted by Crippen LogP contribution is 2.32. The summed E-state index contributed by atoms with van der Waals surface area (Å²) in [6, 6.07) is 0. The van der Waals surface area contributed by atoms with Crippen LogP contribution in [0.5, 0.6) is 0 Å². The molecule has 0 aromatic carbocycles. The van der Waals surface area contributed by atoms with Gasteiger partial charge in [0.2, 0.25) is 0 Å². The fourth-order valence-electron chi connectivity index (χ4n) is 3.72. The van der Waals surface area contributed by atoms with Gasteiger partial charge in [-0.05, 0) is 49.4 Å². The molecule has 0 bridgehead atoms. The SMILES string of the molecule is CC1CCC(/C=C/CCC2CCC(C)CC2)CC1. The number of allylic oxidation sites excluding steroid dienone is 2. The minimum Gasteiger partial charge on any atom is -0.0882 e. The predicted octanol–water partition coefficient (Wildman–Crippen LogP) is 5.98. The summed E-state index contributed by atoms with van der Waals surface area (Å²) < 4.78 is 0. The third kappa shape index (κ3) is 4.78. The van der Waals surface area contributed by atoms with Crippen molar-refractivity contribution in [3.8, 4) is 0 Å². The van der Waals surface area contributed by atoms with Gasteiger partial charge >= 0.3 is 0 Å². The van der Waals surface area contributed by atoms with Crippen molar-refractivity contribution in [3.63, 3.8) is 0 Å². The minimum atomic E-state index is 0.910. The highest BCUT2D eigenvalue weighted by molar-refractivity contribution is 4.91. The second-order valence-corrected chi connectivity index (χ2v) is 7.15. The highest BCUT2D eigenvalue weighted by Gasteiger charge is 2.18. The molecule has 0 spiro atoms.